The van der Waals surface area contributed by atoms with Crippen LogP contribution in [0, 0.1) is 4.43 Å². The maximum atomic E-state index is 11.2. The molecule has 0 spiro atoms. The van der Waals surface area contributed by atoms with Crippen LogP contribution < -0.4 is 48.3 Å². The molecule has 0 unspecified atom stereocenters. The molecular weight excluding hydrogens is 924 g/mol. The van der Waals surface area contributed by atoms with Crippen LogP contribution >= 0.6 is 34.2 Å². The fourth-order valence-corrected chi connectivity index (χ4v) is 3.24. The summed E-state index contributed by atoms with van der Waals surface area (Å²) in [6.07, 6.45) is 7.13. The second-order valence-corrected chi connectivity index (χ2v) is 12.6. The summed E-state index contributed by atoms with van der Waals surface area (Å²) in [6.45, 7) is 19.2. The Hall–Kier alpha value is -3.10. The molecule has 1 radical (unpaired) electrons. The Kier molecular flexibility index (Phi) is 41.3. The number of aromatic nitrogens is 9. The molecule has 0 amide bonds. The molecule has 0 aromatic carbocycles. The SMILES string of the molecule is C.CCCNc1nc(Cl)nc(NCCC)n1.CCCNc1nc(NCCC)[nH+]c(=O)[nH]1.CCCNc1nc(NCCC)[nH]c(=O)n1.CC[CH-]I.O=S(=O)([O-])O.[V]. The fraction of sp³-hybridized carbons (Fsp3) is 0.677. The second kappa shape index (κ2) is 38.8. The van der Waals surface area contributed by atoms with Crippen LogP contribution in [-0.4, -0.2) is 96.7 Å². The van der Waals surface area contributed by atoms with Crippen LogP contribution in [0.2, 0.25) is 5.28 Å². The Balaban J connectivity index is -0.000000321. The third kappa shape index (κ3) is 37.8. The number of aromatic amines is 3. The van der Waals surface area contributed by atoms with Gasteiger partial charge in [0.1, 0.15) is 0 Å². The van der Waals surface area contributed by atoms with E-state index in [1.807, 2.05) is 13.8 Å². The molecule has 21 nitrogen and oxygen atoms in total. The molecule has 0 saturated carbocycles. The van der Waals surface area contributed by atoms with E-state index in [0.717, 1.165) is 77.8 Å². The summed E-state index contributed by atoms with van der Waals surface area (Å²) in [4.78, 5) is 54.2. The number of halogens is 2. The van der Waals surface area contributed by atoms with E-state index < -0.39 is 10.4 Å². The standard InChI is InChI=1S/C9H16ClN5.2C9H17N5O.C3H6I.CH4.H2O4S.V/c1-3-5-11-8-13-7(10)14-9(15-8)12-6-4-2;2*1-3-5-10-7-12-8(11-6-4-2)14-9(15)13-7;1-2-3-4;;1-5(2,3)4;/h3-6H2,1-2H3,(H2,11,12,13,14,15);2*3-6H2,1-2H3,(H3,10,11,12,13,14,15);3H,2H2,1H3;1H4;(H2,1,2,3,4);/q;;;-1;;;. The van der Waals surface area contributed by atoms with Crippen molar-refractivity contribution in [3.63, 3.8) is 0 Å². The van der Waals surface area contributed by atoms with Crippen LogP contribution in [0.4, 0.5) is 35.7 Å². The van der Waals surface area contributed by atoms with Crippen molar-refractivity contribution >= 4 is 80.3 Å². The van der Waals surface area contributed by atoms with Crippen molar-refractivity contribution in [3.8, 4) is 0 Å². The molecule has 0 aliphatic rings. The first kappa shape index (κ1) is 59.6. The van der Waals surface area contributed by atoms with Crippen LogP contribution in [-0.2, 0) is 29.0 Å². The number of hydrogen-bond donors (Lipinski definition) is 9. The van der Waals surface area contributed by atoms with Crippen LogP contribution in [0.15, 0.2) is 9.59 Å². The van der Waals surface area contributed by atoms with Gasteiger partial charge in [-0.15, -0.1) is 0 Å². The Labute approximate surface area is 361 Å². The first-order chi connectivity index (χ1) is 25.7. The molecule has 10 N–H and O–H groups in total. The molecule has 3 rings (SSSR count). The maximum absolute atomic E-state index is 11.2. The Bertz CT molecular complexity index is 1450. The molecule has 3 heterocycles. The van der Waals surface area contributed by atoms with Crippen molar-refractivity contribution in [2.45, 2.75) is 101 Å². The minimum Gasteiger partial charge on any atom is -0.726 e. The number of nitrogens with zero attached hydrogens (tertiary/aromatic N) is 6. The normalized spacial score (nSPS) is 9.62. The van der Waals surface area contributed by atoms with Crippen molar-refractivity contribution in [1.82, 2.24) is 39.9 Å². The van der Waals surface area contributed by atoms with Crippen LogP contribution in [0.1, 0.15) is 101 Å². The number of nitrogens with one attached hydrogen (secondary N) is 9. The van der Waals surface area contributed by atoms with E-state index in [-0.39, 0.29) is 42.6 Å². The van der Waals surface area contributed by atoms with Gasteiger partial charge >= 0.3 is 23.3 Å². The van der Waals surface area contributed by atoms with Gasteiger partial charge in [0.05, 0.1) is 6.54 Å². The van der Waals surface area contributed by atoms with Gasteiger partial charge in [0, 0.05) is 51.3 Å². The first-order valence-corrected chi connectivity index (χ1v) is 20.6. The van der Waals surface area contributed by atoms with Crippen molar-refractivity contribution < 1.29 is 41.1 Å². The summed E-state index contributed by atoms with van der Waals surface area (Å²) in [5.41, 5.74) is -0.649. The van der Waals surface area contributed by atoms with Crippen LogP contribution in [0.5, 0.6) is 0 Å². The van der Waals surface area contributed by atoms with Gasteiger partial charge in [-0.2, -0.15) is 31.3 Å². The largest absolute Gasteiger partial charge is 0.726 e. The van der Waals surface area contributed by atoms with Crippen molar-refractivity contribution in [1.29, 1.82) is 0 Å². The molecule has 56 heavy (non-hydrogen) atoms. The summed E-state index contributed by atoms with van der Waals surface area (Å²) in [5.74, 6) is 2.89. The number of rotatable bonds is 19. The predicted octanol–water partition coefficient (Wildman–Crippen LogP) is 4.84. The minimum absolute atomic E-state index is 0. The summed E-state index contributed by atoms with van der Waals surface area (Å²) in [7, 11) is -4.92. The quantitative estimate of drug-likeness (QED) is 0.0336. The number of anilines is 6. The van der Waals surface area contributed by atoms with Gasteiger partial charge in [-0.05, 0) is 50.1 Å². The van der Waals surface area contributed by atoms with Gasteiger partial charge in [-0.1, -0.05) is 60.9 Å². The fourth-order valence-electron chi connectivity index (χ4n) is 3.08. The number of H-pyrrole nitrogens is 3. The predicted molar refractivity (Wildman–Crippen MR) is 229 cm³/mol. The molecular formula is C31H62ClIN15O6SV-. The van der Waals surface area contributed by atoms with E-state index in [4.69, 9.17) is 29.1 Å². The molecule has 0 atom stereocenters. The summed E-state index contributed by atoms with van der Waals surface area (Å²) >= 11 is 7.99. The summed E-state index contributed by atoms with van der Waals surface area (Å²) in [6, 6.07) is 0. The molecule has 3 aromatic rings. The van der Waals surface area contributed by atoms with Gasteiger partial charge in [0.25, 0.3) is 0 Å². The van der Waals surface area contributed by atoms with Crippen molar-refractivity contribution in [2.24, 2.45) is 0 Å². The zero-order valence-electron chi connectivity index (χ0n) is 32.6. The van der Waals surface area contributed by atoms with Gasteiger partial charge in [0.15, 0.2) is 0 Å². The molecule has 0 aliphatic heterocycles. The van der Waals surface area contributed by atoms with Gasteiger partial charge in [0.2, 0.25) is 39.5 Å². The Morgan fingerprint density at radius 3 is 1.43 bits per heavy atom. The monoisotopic (exact) mass is 985 g/mol. The second-order valence-electron chi connectivity index (χ2n) is 10.5. The van der Waals surface area contributed by atoms with Gasteiger partial charge in [-0.3, -0.25) is 19.3 Å². The third-order valence-electron chi connectivity index (χ3n) is 5.33. The van der Waals surface area contributed by atoms with E-state index in [1.165, 1.54) is 6.42 Å². The van der Waals surface area contributed by atoms with Crippen LogP contribution in [0.25, 0.3) is 0 Å². The average Bonchev–Trinajstić information content (AvgIpc) is 3.12. The van der Waals surface area contributed by atoms with E-state index >= 15 is 0 Å². The Morgan fingerprint density at radius 1 is 0.679 bits per heavy atom. The van der Waals surface area contributed by atoms with Crippen molar-refractivity contribution in [3.05, 3.63) is 30.7 Å². The van der Waals surface area contributed by atoms with E-state index in [0.29, 0.717) is 35.7 Å². The average molecular weight is 986 g/mol. The molecule has 0 saturated heterocycles. The van der Waals surface area contributed by atoms with Gasteiger partial charge in [-0.25, -0.2) is 28.0 Å². The van der Waals surface area contributed by atoms with E-state index in [1.54, 1.807) is 0 Å². The summed E-state index contributed by atoms with van der Waals surface area (Å²) < 4.78 is 34.9. The number of hydrogen-bond acceptors (Lipinski definition) is 17. The van der Waals surface area contributed by atoms with E-state index in [9.17, 15) is 9.59 Å². The molecule has 0 aliphatic carbocycles. The topological polar surface area (TPSA) is 307 Å². The molecule has 0 bridgehead atoms. The molecule has 3 aromatic heterocycles. The Morgan fingerprint density at radius 2 is 1.04 bits per heavy atom. The summed E-state index contributed by atoms with van der Waals surface area (Å²) in [5, 5.41) is 18.4. The molecule has 323 valence electrons. The smallest absolute Gasteiger partial charge is 0.415 e. The minimum atomic E-state index is -4.92. The van der Waals surface area contributed by atoms with Crippen molar-refractivity contribution in [2.75, 3.05) is 71.2 Å². The zero-order chi connectivity index (χ0) is 41.2. The zero-order valence-corrected chi connectivity index (χ0v) is 37.7. The maximum Gasteiger partial charge on any atom is 0.415 e. The van der Waals surface area contributed by atoms with Gasteiger partial charge < -0.3 is 53.7 Å². The third-order valence-corrected chi connectivity index (χ3v) is 6.38. The van der Waals surface area contributed by atoms with Crippen LogP contribution in [0.3, 0.4) is 0 Å². The molecule has 0 fully saturated rings. The first-order valence-electron chi connectivity index (χ1n) is 17.7. The molecule has 25 heteroatoms. The van der Waals surface area contributed by atoms with E-state index in [2.05, 4.69) is 138 Å².